The van der Waals surface area contributed by atoms with Crippen molar-refractivity contribution in [3.63, 3.8) is 0 Å². The van der Waals surface area contributed by atoms with Gasteiger partial charge >= 0.3 is 0 Å². The number of aliphatic imine (C=N–C) groups is 1. The number of aromatic nitrogens is 2. The lowest BCUT2D eigenvalue weighted by Gasteiger charge is -2.34. The van der Waals surface area contributed by atoms with E-state index >= 15 is 0 Å². The number of imidazole rings is 1. The summed E-state index contributed by atoms with van der Waals surface area (Å²) < 4.78 is 7.94. The first-order valence-corrected chi connectivity index (χ1v) is 9.90. The van der Waals surface area contributed by atoms with Crippen molar-refractivity contribution in [2.45, 2.75) is 19.4 Å². The van der Waals surface area contributed by atoms with Crippen LogP contribution in [-0.2, 0) is 6.54 Å². The van der Waals surface area contributed by atoms with Gasteiger partial charge in [-0.2, -0.15) is 0 Å². The molecule has 1 aromatic heterocycles. The first-order valence-electron chi connectivity index (χ1n) is 9.14. The molecular formula is C19H25Cl2N5O. The van der Waals surface area contributed by atoms with Crippen molar-refractivity contribution in [2.24, 2.45) is 10.9 Å². The number of halogens is 2. The molecule has 2 aromatic rings. The fourth-order valence-electron chi connectivity index (χ4n) is 3.19. The summed E-state index contributed by atoms with van der Waals surface area (Å²) in [6, 6.07) is 5.31. The van der Waals surface area contributed by atoms with Crippen molar-refractivity contribution < 1.29 is 4.74 Å². The van der Waals surface area contributed by atoms with Crippen molar-refractivity contribution in [1.82, 2.24) is 19.8 Å². The van der Waals surface area contributed by atoms with Crippen LogP contribution in [0.4, 0.5) is 0 Å². The molecule has 3 rings (SSSR count). The van der Waals surface area contributed by atoms with Gasteiger partial charge in [-0.1, -0.05) is 23.2 Å². The Balaban J connectivity index is 1.40. The Morgan fingerprint density at radius 1 is 1.26 bits per heavy atom. The van der Waals surface area contributed by atoms with Gasteiger partial charge < -0.3 is 19.5 Å². The number of nitrogens with one attached hydrogen (secondary N) is 1. The van der Waals surface area contributed by atoms with Crippen LogP contribution >= 0.6 is 23.2 Å². The molecule has 1 aliphatic rings. The fraction of sp³-hybridized carbons (Fsp3) is 0.474. The Morgan fingerprint density at radius 2 is 2.00 bits per heavy atom. The van der Waals surface area contributed by atoms with Crippen molar-refractivity contribution >= 4 is 29.2 Å². The maximum Gasteiger partial charge on any atom is 0.193 e. The quantitative estimate of drug-likeness (QED) is 0.585. The Bertz CT molecular complexity index is 722. The Morgan fingerprint density at radius 3 is 2.63 bits per heavy atom. The van der Waals surface area contributed by atoms with E-state index in [0.29, 0.717) is 22.6 Å². The number of likely N-dealkylation sites (tertiary alicyclic amines) is 1. The minimum absolute atomic E-state index is 0.517. The molecule has 0 saturated carbocycles. The highest BCUT2D eigenvalue weighted by Crippen LogP contribution is 2.26. The second-order valence-electron chi connectivity index (χ2n) is 6.62. The van der Waals surface area contributed by atoms with Crippen LogP contribution in [0.15, 0.2) is 41.9 Å². The van der Waals surface area contributed by atoms with E-state index in [-0.39, 0.29) is 0 Å². The second-order valence-corrected chi connectivity index (χ2v) is 7.49. The largest absolute Gasteiger partial charge is 0.493 e. The van der Waals surface area contributed by atoms with Crippen LogP contribution in [0.25, 0.3) is 0 Å². The lowest BCUT2D eigenvalue weighted by Crippen LogP contribution is -2.46. The molecule has 2 heterocycles. The normalized spacial score (nSPS) is 15.8. The highest BCUT2D eigenvalue weighted by Gasteiger charge is 2.22. The number of benzene rings is 1. The summed E-state index contributed by atoms with van der Waals surface area (Å²) in [5.41, 5.74) is 0. The maximum atomic E-state index is 6.02. The number of nitrogens with zero attached hydrogens (tertiary/aromatic N) is 4. The fourth-order valence-corrected chi connectivity index (χ4v) is 3.69. The van der Waals surface area contributed by atoms with Gasteiger partial charge in [0.15, 0.2) is 5.96 Å². The smallest absolute Gasteiger partial charge is 0.193 e. The monoisotopic (exact) mass is 409 g/mol. The van der Waals surface area contributed by atoms with Crippen molar-refractivity contribution in [1.29, 1.82) is 0 Å². The molecule has 0 unspecified atom stereocenters. The number of ether oxygens (including phenoxy) is 1. The summed E-state index contributed by atoms with van der Waals surface area (Å²) in [5, 5.41) is 4.62. The lowest BCUT2D eigenvalue weighted by molar-refractivity contribution is 0.179. The van der Waals surface area contributed by atoms with Crippen molar-refractivity contribution in [3.05, 3.63) is 47.0 Å². The summed E-state index contributed by atoms with van der Waals surface area (Å²) in [5.74, 6) is 2.20. The van der Waals surface area contributed by atoms with Crippen LogP contribution in [0.1, 0.15) is 12.8 Å². The lowest BCUT2D eigenvalue weighted by atomic mass is 9.98. The molecule has 6 nitrogen and oxygen atoms in total. The van der Waals surface area contributed by atoms with E-state index in [1.165, 1.54) is 0 Å². The zero-order valence-corrected chi connectivity index (χ0v) is 17.0. The van der Waals surface area contributed by atoms with Gasteiger partial charge in [-0.05, 0) is 37.0 Å². The molecule has 0 amide bonds. The van der Waals surface area contributed by atoms with E-state index in [4.69, 9.17) is 27.9 Å². The van der Waals surface area contributed by atoms with Gasteiger partial charge in [-0.15, -0.1) is 0 Å². The van der Waals surface area contributed by atoms with Crippen LogP contribution in [0.2, 0.25) is 10.0 Å². The van der Waals surface area contributed by atoms with E-state index in [1.54, 1.807) is 24.4 Å². The van der Waals surface area contributed by atoms with E-state index in [1.807, 2.05) is 24.1 Å². The van der Waals surface area contributed by atoms with Crippen LogP contribution in [0, 0.1) is 5.92 Å². The maximum absolute atomic E-state index is 6.02. The number of guanidine groups is 1. The summed E-state index contributed by atoms with van der Waals surface area (Å²) in [6.45, 7) is 4.30. The summed E-state index contributed by atoms with van der Waals surface area (Å²) in [7, 11) is 1.83. The molecule has 1 N–H and O–H groups in total. The predicted molar refractivity (Wildman–Crippen MR) is 110 cm³/mol. The van der Waals surface area contributed by atoms with E-state index < -0.39 is 0 Å². The first kappa shape index (κ1) is 19.8. The Kier molecular flexibility index (Phi) is 7.24. The van der Waals surface area contributed by atoms with Gasteiger partial charge in [0.25, 0.3) is 0 Å². The minimum Gasteiger partial charge on any atom is -0.493 e. The zero-order chi connectivity index (χ0) is 19.1. The number of hydrogen-bond acceptors (Lipinski definition) is 3. The summed E-state index contributed by atoms with van der Waals surface area (Å²) in [4.78, 5) is 10.8. The van der Waals surface area contributed by atoms with Gasteiger partial charge in [0.2, 0.25) is 0 Å². The molecule has 0 bridgehead atoms. The van der Waals surface area contributed by atoms with Gasteiger partial charge in [0.05, 0.1) is 12.9 Å². The van der Waals surface area contributed by atoms with Gasteiger partial charge in [-0.3, -0.25) is 4.99 Å². The Labute approximate surface area is 170 Å². The van der Waals surface area contributed by atoms with Crippen molar-refractivity contribution in [2.75, 3.05) is 33.3 Å². The molecule has 1 aromatic carbocycles. The molecule has 0 spiro atoms. The standard InChI is InChI=1S/C19H25Cl2N5O/c1-22-19(24-5-9-25-8-4-23-14-25)26-6-2-15(3-7-26)13-27-18-11-16(20)10-17(21)12-18/h4,8,10-12,14-15H,2-3,5-7,9,13H2,1H3,(H,22,24). The number of piperidine rings is 1. The minimum atomic E-state index is 0.517. The highest BCUT2D eigenvalue weighted by molar-refractivity contribution is 6.34. The topological polar surface area (TPSA) is 54.7 Å². The SMILES string of the molecule is CN=C(NCCn1ccnc1)N1CCC(COc2cc(Cl)cc(Cl)c2)CC1. The van der Waals surface area contributed by atoms with E-state index in [0.717, 1.165) is 50.7 Å². The summed E-state index contributed by atoms with van der Waals surface area (Å²) >= 11 is 12.0. The third kappa shape index (κ3) is 6.04. The van der Waals surface area contributed by atoms with E-state index in [2.05, 4.69) is 20.2 Å². The van der Waals surface area contributed by atoms with Gasteiger partial charge in [0.1, 0.15) is 5.75 Å². The third-order valence-electron chi connectivity index (χ3n) is 4.66. The molecule has 1 saturated heterocycles. The van der Waals surface area contributed by atoms with Crippen molar-refractivity contribution in [3.8, 4) is 5.75 Å². The third-order valence-corrected chi connectivity index (χ3v) is 5.10. The number of rotatable bonds is 6. The Hall–Kier alpha value is -1.92. The molecule has 27 heavy (non-hydrogen) atoms. The van der Waals surface area contributed by atoms with Crippen LogP contribution in [0.5, 0.6) is 5.75 Å². The molecule has 146 valence electrons. The first-order chi connectivity index (χ1) is 13.1. The molecule has 1 aliphatic heterocycles. The molecule has 0 aliphatic carbocycles. The highest BCUT2D eigenvalue weighted by atomic mass is 35.5. The van der Waals surface area contributed by atoms with E-state index in [9.17, 15) is 0 Å². The second kappa shape index (κ2) is 9.85. The predicted octanol–water partition coefficient (Wildman–Crippen LogP) is 3.56. The zero-order valence-electron chi connectivity index (χ0n) is 15.4. The average Bonchev–Trinajstić information content (AvgIpc) is 3.17. The number of hydrogen-bond donors (Lipinski definition) is 1. The van der Waals surface area contributed by atoms with Gasteiger partial charge in [0, 0.05) is 55.7 Å². The van der Waals surface area contributed by atoms with Crippen LogP contribution in [-0.4, -0.2) is 53.7 Å². The molecular weight excluding hydrogens is 385 g/mol. The summed E-state index contributed by atoms with van der Waals surface area (Å²) in [6.07, 6.45) is 7.71. The van der Waals surface area contributed by atoms with Crippen LogP contribution < -0.4 is 10.1 Å². The average molecular weight is 410 g/mol. The van der Waals surface area contributed by atoms with Gasteiger partial charge in [-0.25, -0.2) is 4.98 Å². The molecule has 0 radical (unpaired) electrons. The molecule has 0 atom stereocenters. The van der Waals surface area contributed by atoms with Crippen LogP contribution in [0.3, 0.4) is 0 Å². The molecule has 1 fully saturated rings. The molecule has 8 heteroatoms.